The van der Waals surface area contributed by atoms with Gasteiger partial charge in [-0.1, -0.05) is 54.6 Å². The van der Waals surface area contributed by atoms with Crippen molar-refractivity contribution in [2.45, 2.75) is 44.3 Å². The molecule has 1 fully saturated rings. The Morgan fingerprint density at radius 2 is 1.68 bits per heavy atom. The molecule has 4 aromatic rings. The predicted molar refractivity (Wildman–Crippen MR) is 149 cm³/mol. The molecule has 0 spiro atoms. The summed E-state index contributed by atoms with van der Waals surface area (Å²) in [6.45, 7) is 2.27. The van der Waals surface area contributed by atoms with E-state index in [4.69, 9.17) is 0 Å². The summed E-state index contributed by atoms with van der Waals surface area (Å²) in [6, 6.07) is 19.5. The lowest BCUT2D eigenvalue weighted by Gasteiger charge is -2.32. The lowest BCUT2D eigenvalue weighted by Crippen LogP contribution is -2.39. The number of anilines is 1. The number of pyridine rings is 1. The molecule has 212 valence electrons. The van der Waals surface area contributed by atoms with Crippen LogP contribution < -0.4 is 5.32 Å². The van der Waals surface area contributed by atoms with Gasteiger partial charge in [-0.3, -0.25) is 19.3 Å². The monoisotopic (exact) mass is 561 g/mol. The fourth-order valence-electron chi connectivity index (χ4n) is 4.92. The Balaban J connectivity index is 1.11. The third-order valence-corrected chi connectivity index (χ3v) is 7.43. The predicted octanol–water partition coefficient (Wildman–Crippen LogP) is 6.27. The average Bonchev–Trinajstić information content (AvgIpc) is 3.45. The molecule has 0 bridgehead atoms. The number of likely N-dealkylation sites (tertiary alicyclic amines) is 1. The van der Waals surface area contributed by atoms with Gasteiger partial charge in [-0.15, -0.1) is 0 Å². The quantitative estimate of drug-likeness (QED) is 0.289. The van der Waals surface area contributed by atoms with E-state index < -0.39 is 12.1 Å². The number of amides is 2. The average molecular weight is 562 g/mol. The summed E-state index contributed by atoms with van der Waals surface area (Å²) in [5.41, 5.74) is 3.69. The third kappa shape index (κ3) is 6.82. The molecule has 3 heterocycles. The van der Waals surface area contributed by atoms with Crippen molar-refractivity contribution >= 4 is 17.5 Å². The van der Waals surface area contributed by atoms with Gasteiger partial charge in [0.1, 0.15) is 0 Å². The second-order valence-corrected chi connectivity index (χ2v) is 10.3. The molecule has 2 aromatic heterocycles. The maximum atomic E-state index is 13.0. The summed E-state index contributed by atoms with van der Waals surface area (Å²) in [6.07, 6.45) is 2.13. The molecular weight excluding hydrogens is 531 g/mol. The Hall–Kier alpha value is -4.47. The molecule has 1 atom stereocenters. The molecule has 1 aliphatic heterocycles. The third-order valence-electron chi connectivity index (χ3n) is 7.43. The molecule has 5 rings (SSSR count). The normalized spacial score (nSPS) is 15.0. The molecule has 41 heavy (non-hydrogen) atoms. The van der Waals surface area contributed by atoms with Gasteiger partial charge in [0.05, 0.1) is 41.5 Å². The van der Waals surface area contributed by atoms with E-state index in [2.05, 4.69) is 15.4 Å². The Bertz CT molecular complexity index is 1480. The van der Waals surface area contributed by atoms with E-state index >= 15 is 0 Å². The van der Waals surface area contributed by atoms with Crippen LogP contribution in [0.4, 0.5) is 18.9 Å². The molecular formula is C31H30F3N5O2. The molecule has 2 amide bonds. The summed E-state index contributed by atoms with van der Waals surface area (Å²) in [5, 5.41) is 7.21. The number of carbonyl (C=O) groups excluding carboxylic acids is 2. The number of aromatic nitrogens is 3. The fraction of sp³-hybridized carbons (Fsp3) is 0.290. The number of carbonyl (C=O) groups is 2. The van der Waals surface area contributed by atoms with Crippen LogP contribution in [0.5, 0.6) is 0 Å². The fourth-order valence-corrected chi connectivity index (χ4v) is 4.92. The van der Waals surface area contributed by atoms with Crippen molar-refractivity contribution in [3.8, 4) is 11.3 Å². The smallest absolute Gasteiger partial charge is 0.338 e. The highest BCUT2D eigenvalue weighted by atomic mass is 19.4. The number of benzene rings is 2. The number of nitrogens with zero attached hydrogens (tertiary/aromatic N) is 4. The van der Waals surface area contributed by atoms with E-state index in [1.165, 1.54) is 12.1 Å². The number of rotatable bonds is 7. The van der Waals surface area contributed by atoms with E-state index in [1.807, 2.05) is 47.4 Å². The first kappa shape index (κ1) is 28.1. The van der Waals surface area contributed by atoms with Crippen LogP contribution in [0.1, 0.15) is 53.2 Å². The van der Waals surface area contributed by atoms with Crippen LogP contribution in [0.15, 0.2) is 85.3 Å². The maximum absolute atomic E-state index is 13.0. The van der Waals surface area contributed by atoms with Crippen LogP contribution >= 0.6 is 0 Å². The van der Waals surface area contributed by atoms with Gasteiger partial charge >= 0.3 is 6.18 Å². The Morgan fingerprint density at radius 3 is 2.32 bits per heavy atom. The van der Waals surface area contributed by atoms with Crippen molar-refractivity contribution in [2.24, 2.45) is 0 Å². The van der Waals surface area contributed by atoms with Gasteiger partial charge in [-0.2, -0.15) is 18.3 Å². The van der Waals surface area contributed by atoms with Gasteiger partial charge in [0.25, 0.3) is 5.91 Å². The van der Waals surface area contributed by atoms with Crippen molar-refractivity contribution in [3.63, 3.8) is 0 Å². The second-order valence-electron chi connectivity index (χ2n) is 10.3. The molecule has 1 unspecified atom stereocenters. The summed E-state index contributed by atoms with van der Waals surface area (Å²) in [7, 11) is 0. The first-order valence-electron chi connectivity index (χ1n) is 13.5. The molecule has 2 aromatic carbocycles. The Morgan fingerprint density at radius 1 is 0.976 bits per heavy atom. The molecule has 0 aliphatic carbocycles. The van der Waals surface area contributed by atoms with Crippen LogP contribution in [-0.4, -0.2) is 50.7 Å². The summed E-state index contributed by atoms with van der Waals surface area (Å²) in [5.74, 6) is -1.90. The summed E-state index contributed by atoms with van der Waals surface area (Å²) in [4.78, 5) is 31.8. The minimum atomic E-state index is -4.31. The SMILES string of the molecule is CC(c1ccc(CC(=O)Nc2cnn(C3CCN(C(=O)c4ccc(-c5ccccc5)nc4)CC3)c2)cc1)C(F)(F)F. The number of nitrogens with one attached hydrogen (secondary N) is 1. The second kappa shape index (κ2) is 12.0. The van der Waals surface area contributed by atoms with Crippen molar-refractivity contribution in [1.29, 1.82) is 0 Å². The van der Waals surface area contributed by atoms with E-state index in [0.29, 0.717) is 29.9 Å². The lowest BCUT2D eigenvalue weighted by atomic mass is 9.98. The van der Waals surface area contributed by atoms with Crippen molar-refractivity contribution in [2.75, 3.05) is 18.4 Å². The molecule has 1 aliphatic rings. The van der Waals surface area contributed by atoms with Gasteiger partial charge < -0.3 is 10.2 Å². The van der Waals surface area contributed by atoms with Gasteiger partial charge in [-0.25, -0.2) is 0 Å². The van der Waals surface area contributed by atoms with E-state index in [0.717, 1.165) is 31.0 Å². The zero-order chi connectivity index (χ0) is 29.0. The molecule has 7 nitrogen and oxygen atoms in total. The molecule has 1 N–H and O–H groups in total. The van der Waals surface area contributed by atoms with Crippen molar-refractivity contribution in [1.82, 2.24) is 19.7 Å². The highest BCUT2D eigenvalue weighted by molar-refractivity contribution is 5.94. The van der Waals surface area contributed by atoms with E-state index in [1.54, 1.807) is 35.4 Å². The Kier molecular flexibility index (Phi) is 8.19. The molecule has 10 heteroatoms. The molecule has 1 saturated heterocycles. The number of alkyl halides is 3. The van der Waals surface area contributed by atoms with Crippen LogP contribution in [-0.2, 0) is 11.2 Å². The number of hydrogen-bond donors (Lipinski definition) is 1. The Labute approximate surface area is 236 Å². The summed E-state index contributed by atoms with van der Waals surface area (Å²) < 4.78 is 40.6. The van der Waals surface area contributed by atoms with Crippen molar-refractivity contribution < 1.29 is 22.8 Å². The minimum absolute atomic E-state index is 0.0353. The van der Waals surface area contributed by atoms with Gasteiger partial charge in [-0.05, 0) is 43.0 Å². The lowest BCUT2D eigenvalue weighted by molar-refractivity contribution is -0.146. The van der Waals surface area contributed by atoms with Crippen LogP contribution in [0.3, 0.4) is 0 Å². The van der Waals surface area contributed by atoms with Gasteiger partial charge in [0, 0.05) is 31.0 Å². The van der Waals surface area contributed by atoms with E-state index in [9.17, 15) is 22.8 Å². The first-order chi connectivity index (χ1) is 19.7. The number of halogens is 3. The van der Waals surface area contributed by atoms with Gasteiger partial charge in [0.2, 0.25) is 5.91 Å². The standard InChI is InChI=1S/C31H30F3N5O2/c1-21(31(32,33)34)23-9-7-22(8-10-23)17-29(40)37-26-19-36-39(20-26)27-13-15-38(16-14-27)30(41)25-11-12-28(35-18-25)24-5-3-2-4-6-24/h2-12,18-21,27H,13-17H2,1H3,(H,37,40). The topological polar surface area (TPSA) is 80.1 Å². The minimum Gasteiger partial charge on any atom is -0.338 e. The maximum Gasteiger partial charge on any atom is 0.395 e. The van der Waals surface area contributed by atoms with Crippen LogP contribution in [0.2, 0.25) is 0 Å². The highest BCUT2D eigenvalue weighted by Crippen LogP contribution is 2.34. The van der Waals surface area contributed by atoms with Gasteiger partial charge in [0.15, 0.2) is 0 Å². The molecule has 0 saturated carbocycles. The zero-order valence-corrected chi connectivity index (χ0v) is 22.5. The highest BCUT2D eigenvalue weighted by Gasteiger charge is 2.36. The summed E-state index contributed by atoms with van der Waals surface area (Å²) >= 11 is 0. The van der Waals surface area contributed by atoms with E-state index in [-0.39, 0.29) is 29.8 Å². The number of hydrogen-bond acceptors (Lipinski definition) is 4. The number of piperidine rings is 1. The largest absolute Gasteiger partial charge is 0.395 e. The first-order valence-corrected chi connectivity index (χ1v) is 13.5. The van der Waals surface area contributed by atoms with Crippen LogP contribution in [0, 0.1) is 0 Å². The van der Waals surface area contributed by atoms with Crippen LogP contribution in [0.25, 0.3) is 11.3 Å². The zero-order valence-electron chi connectivity index (χ0n) is 22.5. The molecule has 0 radical (unpaired) electrons. The van der Waals surface area contributed by atoms with Crippen molar-refractivity contribution in [3.05, 3.63) is 102 Å².